The highest BCUT2D eigenvalue weighted by molar-refractivity contribution is 5.80. The van der Waals surface area contributed by atoms with Crippen LogP contribution in [0.1, 0.15) is 30.9 Å². The third kappa shape index (κ3) is 4.96. The van der Waals surface area contributed by atoms with Crippen molar-refractivity contribution >= 4 is 5.91 Å². The lowest BCUT2D eigenvalue weighted by molar-refractivity contribution is -0.130. The topological polar surface area (TPSA) is 41.6 Å². The number of rotatable bonds is 7. The smallest absolute Gasteiger partial charge is 0.248 e. The van der Waals surface area contributed by atoms with Crippen molar-refractivity contribution in [2.75, 3.05) is 26.7 Å². The van der Waals surface area contributed by atoms with Crippen LogP contribution in [0.5, 0.6) is 0 Å². The molecule has 2 aromatic rings. The molecule has 0 unspecified atom stereocenters. The van der Waals surface area contributed by atoms with Crippen molar-refractivity contribution in [3.8, 4) is 0 Å². The number of piperidine rings is 1. The third-order valence-electron chi connectivity index (χ3n) is 5.77. The van der Waals surface area contributed by atoms with Crippen LogP contribution in [0.2, 0.25) is 0 Å². The predicted octanol–water partition coefficient (Wildman–Crippen LogP) is 3.37. The highest BCUT2D eigenvalue weighted by Crippen LogP contribution is 2.35. The molecule has 1 atom stereocenters. The average molecular weight is 367 g/mol. The Labute approximate surface area is 162 Å². The van der Waals surface area contributed by atoms with Crippen molar-refractivity contribution in [1.82, 2.24) is 10.2 Å². The van der Waals surface area contributed by atoms with Crippen LogP contribution in [0.15, 0.2) is 60.7 Å². The van der Waals surface area contributed by atoms with Crippen molar-refractivity contribution in [2.24, 2.45) is 0 Å². The van der Waals surface area contributed by atoms with Crippen LogP contribution in [0, 0.1) is 0 Å². The molecular weight excluding hydrogens is 336 g/mol. The number of ether oxygens (including phenoxy) is 1. The maximum absolute atomic E-state index is 12.2. The number of amides is 1. The van der Waals surface area contributed by atoms with Crippen LogP contribution in [0.25, 0.3) is 0 Å². The van der Waals surface area contributed by atoms with E-state index in [0.29, 0.717) is 6.54 Å². The van der Waals surface area contributed by atoms with Crippen LogP contribution in [0.4, 0.5) is 0 Å². The van der Waals surface area contributed by atoms with Crippen LogP contribution >= 0.6 is 0 Å². The molecule has 144 valence electrons. The van der Waals surface area contributed by atoms with Gasteiger partial charge in [-0.25, -0.2) is 0 Å². The minimum absolute atomic E-state index is 0.0163. The first kappa shape index (κ1) is 19.6. The summed E-state index contributed by atoms with van der Waals surface area (Å²) in [6.07, 6.45) is 1.65. The predicted molar refractivity (Wildman–Crippen MR) is 109 cm³/mol. The summed E-state index contributed by atoms with van der Waals surface area (Å²) in [7, 11) is 1.57. The van der Waals surface area contributed by atoms with Crippen molar-refractivity contribution in [3.05, 3.63) is 71.8 Å². The second-order valence-electron chi connectivity index (χ2n) is 7.50. The Bertz CT molecular complexity index is 710. The maximum Gasteiger partial charge on any atom is 0.248 e. The molecule has 0 bridgehead atoms. The van der Waals surface area contributed by atoms with E-state index in [1.54, 1.807) is 14.0 Å². The number of hydrogen-bond acceptors (Lipinski definition) is 3. The normalized spacial score (nSPS) is 18.0. The fraction of sp³-hybridized carbons (Fsp3) is 0.435. The SMILES string of the molecule is CO[C@@H](C)C(=O)NCC1(c2ccccc2)CCN(Cc2ccccc2)CC1. The molecule has 2 aromatic carbocycles. The van der Waals surface area contributed by atoms with E-state index >= 15 is 0 Å². The Hall–Kier alpha value is -2.17. The molecule has 4 nitrogen and oxygen atoms in total. The van der Waals surface area contributed by atoms with Gasteiger partial charge in [0.15, 0.2) is 0 Å². The molecule has 1 aliphatic heterocycles. The summed E-state index contributed by atoms with van der Waals surface area (Å²) in [5.41, 5.74) is 2.65. The lowest BCUT2D eigenvalue weighted by Gasteiger charge is -2.42. The van der Waals surface area contributed by atoms with E-state index < -0.39 is 6.10 Å². The summed E-state index contributed by atoms with van der Waals surface area (Å²) in [6, 6.07) is 21.2. The number of carbonyl (C=O) groups excluding carboxylic acids is 1. The van der Waals surface area contributed by atoms with Gasteiger partial charge in [0.2, 0.25) is 5.91 Å². The number of nitrogens with one attached hydrogen (secondary N) is 1. The maximum atomic E-state index is 12.2. The minimum atomic E-state index is -0.420. The highest BCUT2D eigenvalue weighted by atomic mass is 16.5. The zero-order chi connectivity index (χ0) is 19.1. The van der Waals surface area contributed by atoms with E-state index in [0.717, 1.165) is 32.5 Å². The van der Waals surface area contributed by atoms with E-state index in [1.165, 1.54) is 11.1 Å². The van der Waals surface area contributed by atoms with Crippen molar-refractivity contribution in [2.45, 2.75) is 37.8 Å². The molecular formula is C23H30N2O2. The van der Waals surface area contributed by atoms with Gasteiger partial charge in [-0.2, -0.15) is 0 Å². The summed E-state index contributed by atoms with van der Waals surface area (Å²) >= 11 is 0. The molecule has 1 heterocycles. The van der Waals surface area contributed by atoms with Gasteiger partial charge in [-0.05, 0) is 44.0 Å². The Morgan fingerprint density at radius 2 is 1.67 bits per heavy atom. The molecule has 4 heteroatoms. The van der Waals surface area contributed by atoms with Crippen LogP contribution in [-0.4, -0.2) is 43.7 Å². The zero-order valence-electron chi connectivity index (χ0n) is 16.4. The molecule has 27 heavy (non-hydrogen) atoms. The number of hydrogen-bond donors (Lipinski definition) is 1. The lowest BCUT2D eigenvalue weighted by atomic mass is 9.72. The molecule has 3 rings (SSSR count). The number of nitrogens with zero attached hydrogens (tertiary/aromatic N) is 1. The molecule has 1 fully saturated rings. The number of likely N-dealkylation sites (tertiary alicyclic amines) is 1. The van der Waals surface area contributed by atoms with Gasteiger partial charge in [-0.1, -0.05) is 60.7 Å². The van der Waals surface area contributed by atoms with Crippen molar-refractivity contribution < 1.29 is 9.53 Å². The van der Waals surface area contributed by atoms with E-state index in [9.17, 15) is 4.79 Å². The van der Waals surface area contributed by atoms with E-state index in [1.807, 2.05) is 6.07 Å². The molecule has 1 amide bonds. The zero-order valence-corrected chi connectivity index (χ0v) is 16.4. The summed E-state index contributed by atoms with van der Waals surface area (Å²) < 4.78 is 5.15. The fourth-order valence-electron chi connectivity index (χ4n) is 3.85. The first-order valence-electron chi connectivity index (χ1n) is 9.75. The quantitative estimate of drug-likeness (QED) is 0.817. The Morgan fingerprint density at radius 1 is 1.07 bits per heavy atom. The number of methoxy groups -OCH3 is 1. The largest absolute Gasteiger partial charge is 0.372 e. The lowest BCUT2D eigenvalue weighted by Crippen LogP contribution is -2.50. The summed E-state index contributed by atoms with van der Waals surface area (Å²) in [6.45, 7) is 5.48. The molecule has 0 aliphatic carbocycles. The molecule has 1 aliphatic rings. The van der Waals surface area contributed by atoms with Gasteiger partial charge in [0, 0.05) is 25.6 Å². The van der Waals surface area contributed by atoms with E-state index in [2.05, 4.69) is 64.8 Å². The third-order valence-corrected chi connectivity index (χ3v) is 5.77. The fourth-order valence-corrected chi connectivity index (χ4v) is 3.85. The van der Waals surface area contributed by atoms with Crippen LogP contribution in [-0.2, 0) is 21.5 Å². The highest BCUT2D eigenvalue weighted by Gasteiger charge is 2.36. The minimum Gasteiger partial charge on any atom is -0.372 e. The van der Waals surface area contributed by atoms with Gasteiger partial charge in [-0.3, -0.25) is 9.69 Å². The van der Waals surface area contributed by atoms with E-state index in [4.69, 9.17) is 4.74 Å². The second kappa shape index (κ2) is 9.16. The number of carbonyl (C=O) groups is 1. The van der Waals surface area contributed by atoms with Crippen LogP contribution in [0.3, 0.4) is 0 Å². The van der Waals surface area contributed by atoms with Crippen LogP contribution < -0.4 is 5.32 Å². The summed E-state index contributed by atoms with van der Waals surface area (Å²) in [5, 5.41) is 3.12. The molecule has 0 saturated carbocycles. The summed E-state index contributed by atoms with van der Waals surface area (Å²) in [4.78, 5) is 14.8. The Kier molecular flexibility index (Phi) is 6.64. The van der Waals surface area contributed by atoms with E-state index in [-0.39, 0.29) is 11.3 Å². The van der Waals surface area contributed by atoms with Gasteiger partial charge >= 0.3 is 0 Å². The van der Waals surface area contributed by atoms with Gasteiger partial charge in [0.1, 0.15) is 6.10 Å². The Morgan fingerprint density at radius 3 is 2.26 bits per heavy atom. The van der Waals surface area contributed by atoms with Gasteiger partial charge in [0.05, 0.1) is 0 Å². The standard InChI is InChI=1S/C23H30N2O2/c1-19(27-2)22(26)24-18-23(21-11-7-4-8-12-21)13-15-25(16-14-23)17-20-9-5-3-6-10-20/h3-12,19H,13-18H2,1-2H3,(H,24,26)/t19-/m0/s1. The molecule has 0 aromatic heterocycles. The van der Waals surface area contributed by atoms with Crippen molar-refractivity contribution in [1.29, 1.82) is 0 Å². The average Bonchev–Trinajstić information content (AvgIpc) is 2.74. The molecule has 1 saturated heterocycles. The molecule has 0 spiro atoms. The first-order chi connectivity index (χ1) is 13.1. The molecule has 0 radical (unpaired) electrons. The summed E-state index contributed by atoms with van der Waals surface area (Å²) in [5.74, 6) is -0.0421. The Balaban J connectivity index is 1.68. The van der Waals surface area contributed by atoms with Crippen molar-refractivity contribution in [3.63, 3.8) is 0 Å². The van der Waals surface area contributed by atoms with Gasteiger partial charge in [0.25, 0.3) is 0 Å². The second-order valence-corrected chi connectivity index (χ2v) is 7.50. The van der Waals surface area contributed by atoms with Gasteiger partial charge < -0.3 is 10.1 Å². The molecule has 1 N–H and O–H groups in total. The number of benzene rings is 2. The van der Waals surface area contributed by atoms with Gasteiger partial charge in [-0.15, -0.1) is 0 Å². The first-order valence-corrected chi connectivity index (χ1v) is 9.75. The monoisotopic (exact) mass is 366 g/mol.